The van der Waals surface area contributed by atoms with Crippen molar-refractivity contribution >= 4 is 63.2 Å². The topological polar surface area (TPSA) is 88.3 Å². The number of benzene rings is 1. The van der Waals surface area contributed by atoms with Crippen LogP contribution in [0.2, 0.25) is 10.0 Å². The first kappa shape index (κ1) is 22.1. The van der Waals surface area contributed by atoms with Crippen LogP contribution in [0.5, 0.6) is 0 Å². The second-order valence-electron chi connectivity index (χ2n) is 6.90. The Morgan fingerprint density at radius 3 is 2.58 bits per heavy atom. The van der Waals surface area contributed by atoms with Gasteiger partial charge in [-0.3, -0.25) is 9.59 Å². The van der Waals surface area contributed by atoms with Gasteiger partial charge in [0.15, 0.2) is 10.1 Å². The summed E-state index contributed by atoms with van der Waals surface area (Å²) in [6.45, 7) is 1.01. The van der Waals surface area contributed by atoms with Crippen LogP contribution in [-0.2, 0) is 10.5 Å². The van der Waals surface area contributed by atoms with Gasteiger partial charge in [0.25, 0.3) is 5.91 Å². The molecule has 0 bridgehead atoms. The highest BCUT2D eigenvalue weighted by atomic mass is 35.5. The van der Waals surface area contributed by atoms with Gasteiger partial charge in [0.05, 0.1) is 6.26 Å². The van der Waals surface area contributed by atoms with Crippen molar-refractivity contribution in [1.29, 1.82) is 0 Å². The first-order chi connectivity index (χ1) is 15.0. The minimum absolute atomic E-state index is 0.105. The van der Waals surface area contributed by atoms with Crippen LogP contribution in [0.1, 0.15) is 29.0 Å². The molecule has 0 saturated carbocycles. The van der Waals surface area contributed by atoms with E-state index in [1.165, 1.54) is 29.4 Å². The van der Waals surface area contributed by atoms with E-state index >= 15 is 0 Å². The molecule has 162 valence electrons. The second-order valence-corrected chi connectivity index (χ2v) is 9.91. The molecule has 4 rings (SSSR count). The number of carbonyl (C=O) groups is 2. The Morgan fingerprint density at radius 2 is 1.90 bits per heavy atom. The molecule has 11 heteroatoms. The van der Waals surface area contributed by atoms with E-state index < -0.39 is 0 Å². The third-order valence-electron chi connectivity index (χ3n) is 4.92. The zero-order valence-electron chi connectivity index (χ0n) is 16.2. The van der Waals surface area contributed by atoms with Crippen molar-refractivity contribution in [3.05, 3.63) is 58.0 Å². The zero-order valence-corrected chi connectivity index (χ0v) is 19.4. The fourth-order valence-corrected chi connectivity index (χ4v) is 5.73. The first-order valence-electron chi connectivity index (χ1n) is 9.54. The van der Waals surface area contributed by atoms with Gasteiger partial charge in [0.1, 0.15) is 0 Å². The normalized spacial score (nSPS) is 14.6. The highest BCUT2D eigenvalue weighted by molar-refractivity contribution is 8.00. The second kappa shape index (κ2) is 10.0. The summed E-state index contributed by atoms with van der Waals surface area (Å²) < 4.78 is 5.88. The maximum absolute atomic E-state index is 12.6. The van der Waals surface area contributed by atoms with Crippen LogP contribution < -0.4 is 5.32 Å². The molecule has 2 amide bonds. The van der Waals surface area contributed by atoms with E-state index in [-0.39, 0.29) is 17.7 Å². The molecular weight excluding hydrogens is 479 g/mol. The maximum Gasteiger partial charge on any atom is 0.289 e. The molecule has 0 radical (unpaired) electrons. The maximum atomic E-state index is 12.6. The number of carbonyl (C=O) groups excluding carboxylic acids is 2. The molecule has 1 aliphatic rings. The van der Waals surface area contributed by atoms with E-state index in [4.69, 9.17) is 27.6 Å². The number of halogens is 2. The van der Waals surface area contributed by atoms with Crippen molar-refractivity contribution < 1.29 is 14.0 Å². The first-order valence-corrected chi connectivity index (χ1v) is 12.1. The van der Waals surface area contributed by atoms with Gasteiger partial charge >= 0.3 is 0 Å². The van der Waals surface area contributed by atoms with Gasteiger partial charge in [-0.15, -0.1) is 10.2 Å². The van der Waals surface area contributed by atoms with Gasteiger partial charge in [-0.2, -0.15) is 0 Å². The number of thioether (sulfide) groups is 1. The smallest absolute Gasteiger partial charge is 0.289 e. The van der Waals surface area contributed by atoms with Gasteiger partial charge in [-0.25, -0.2) is 0 Å². The molecule has 1 fully saturated rings. The summed E-state index contributed by atoms with van der Waals surface area (Å²) in [6, 6.07) is 8.72. The van der Waals surface area contributed by atoms with Crippen LogP contribution in [0.4, 0.5) is 5.13 Å². The Morgan fingerprint density at radius 1 is 1.16 bits per heavy atom. The van der Waals surface area contributed by atoms with Gasteiger partial charge in [-0.1, -0.05) is 52.4 Å². The summed E-state index contributed by atoms with van der Waals surface area (Å²) in [6.07, 6.45) is 2.65. The average molecular weight is 497 g/mol. The molecule has 1 saturated heterocycles. The summed E-state index contributed by atoms with van der Waals surface area (Å²) in [5.74, 6) is 0.450. The lowest BCUT2D eigenvalue weighted by molar-refractivity contribution is -0.121. The summed E-state index contributed by atoms with van der Waals surface area (Å²) in [7, 11) is 0. The van der Waals surface area contributed by atoms with Gasteiger partial charge in [-0.05, 0) is 42.7 Å². The Balaban J connectivity index is 1.27. The Labute approximate surface area is 197 Å². The number of furan rings is 1. The van der Waals surface area contributed by atoms with E-state index in [0.29, 0.717) is 57.0 Å². The van der Waals surface area contributed by atoms with E-state index in [9.17, 15) is 9.59 Å². The largest absolute Gasteiger partial charge is 0.459 e. The molecule has 1 aromatic carbocycles. The number of amides is 2. The van der Waals surface area contributed by atoms with Crippen molar-refractivity contribution in [2.45, 2.75) is 22.9 Å². The van der Waals surface area contributed by atoms with E-state index in [1.54, 1.807) is 35.2 Å². The van der Waals surface area contributed by atoms with Crippen molar-refractivity contribution in [1.82, 2.24) is 15.1 Å². The molecule has 31 heavy (non-hydrogen) atoms. The highest BCUT2D eigenvalue weighted by Gasteiger charge is 2.29. The fourth-order valence-electron chi connectivity index (χ4n) is 3.23. The number of hydrogen-bond donors (Lipinski definition) is 1. The van der Waals surface area contributed by atoms with Crippen LogP contribution in [0.3, 0.4) is 0 Å². The number of rotatable bonds is 6. The predicted octanol–water partition coefficient (Wildman–Crippen LogP) is 5.22. The van der Waals surface area contributed by atoms with Crippen LogP contribution in [0.15, 0.2) is 45.4 Å². The lowest BCUT2D eigenvalue weighted by Gasteiger charge is -2.30. The molecule has 3 aromatic rings. The molecule has 0 atom stereocenters. The molecular formula is C20H18Cl2N4O3S2. The molecule has 0 spiro atoms. The van der Waals surface area contributed by atoms with Crippen LogP contribution in [-0.4, -0.2) is 40.0 Å². The zero-order chi connectivity index (χ0) is 21.8. The number of aromatic nitrogens is 2. The number of hydrogen-bond acceptors (Lipinski definition) is 7. The predicted molar refractivity (Wildman–Crippen MR) is 122 cm³/mol. The van der Waals surface area contributed by atoms with Gasteiger partial charge in [0.2, 0.25) is 11.0 Å². The summed E-state index contributed by atoms with van der Waals surface area (Å²) >= 11 is 15.2. The van der Waals surface area contributed by atoms with Crippen molar-refractivity contribution in [3.8, 4) is 0 Å². The molecule has 3 heterocycles. The molecule has 1 N–H and O–H groups in total. The van der Waals surface area contributed by atoms with E-state index in [2.05, 4.69) is 15.5 Å². The quantitative estimate of drug-likeness (QED) is 0.371. The molecule has 0 unspecified atom stereocenters. The van der Waals surface area contributed by atoms with Crippen molar-refractivity contribution in [2.75, 3.05) is 18.4 Å². The molecule has 1 aliphatic heterocycles. The SMILES string of the molecule is O=C(Nc1nnc(SCc2c(Cl)cccc2Cl)s1)C1CCN(C(=O)c2ccco2)CC1. The number of nitrogens with one attached hydrogen (secondary N) is 1. The Bertz CT molecular complexity index is 1050. The number of nitrogens with zero attached hydrogens (tertiary/aromatic N) is 3. The Kier molecular flexibility index (Phi) is 7.16. The summed E-state index contributed by atoms with van der Waals surface area (Å²) in [4.78, 5) is 26.7. The Hall–Kier alpha value is -2.07. The standard InChI is InChI=1S/C20H18Cl2N4O3S2/c21-14-3-1-4-15(22)13(14)11-30-20-25-24-19(31-20)23-17(27)12-6-8-26(9-7-12)18(28)16-5-2-10-29-16/h1-5,10,12H,6-9,11H2,(H,23,24,27). The number of likely N-dealkylation sites (tertiary alicyclic amines) is 1. The minimum atomic E-state index is -0.178. The monoisotopic (exact) mass is 496 g/mol. The molecule has 2 aromatic heterocycles. The third kappa shape index (κ3) is 5.41. The number of anilines is 1. The minimum Gasteiger partial charge on any atom is -0.459 e. The van der Waals surface area contributed by atoms with Gasteiger partial charge in [0, 0.05) is 34.8 Å². The van der Waals surface area contributed by atoms with Crippen LogP contribution in [0, 0.1) is 5.92 Å². The highest BCUT2D eigenvalue weighted by Crippen LogP contribution is 2.34. The third-order valence-corrected chi connectivity index (χ3v) is 7.63. The average Bonchev–Trinajstić information content (AvgIpc) is 3.45. The lowest BCUT2D eigenvalue weighted by Crippen LogP contribution is -2.41. The number of piperidine rings is 1. The summed E-state index contributed by atoms with van der Waals surface area (Å²) in [5.41, 5.74) is 0.840. The van der Waals surface area contributed by atoms with Crippen molar-refractivity contribution in [3.63, 3.8) is 0 Å². The van der Waals surface area contributed by atoms with E-state index in [1.807, 2.05) is 0 Å². The summed E-state index contributed by atoms with van der Waals surface area (Å²) in [5, 5.41) is 12.7. The van der Waals surface area contributed by atoms with Crippen molar-refractivity contribution in [2.24, 2.45) is 5.92 Å². The van der Waals surface area contributed by atoms with Crippen LogP contribution >= 0.6 is 46.3 Å². The van der Waals surface area contributed by atoms with Gasteiger partial charge < -0.3 is 14.6 Å². The lowest BCUT2D eigenvalue weighted by atomic mass is 9.96. The molecule has 0 aliphatic carbocycles. The van der Waals surface area contributed by atoms with E-state index in [0.717, 1.165) is 5.56 Å². The van der Waals surface area contributed by atoms with Crippen LogP contribution in [0.25, 0.3) is 0 Å². The molecule has 7 nitrogen and oxygen atoms in total. The fraction of sp³-hybridized carbons (Fsp3) is 0.300.